The van der Waals surface area contributed by atoms with Crippen LogP contribution in [0.2, 0.25) is 5.02 Å². The molecular formula is C15H10ClFN2OS. The second-order valence-corrected chi connectivity index (χ2v) is 5.95. The Morgan fingerprint density at radius 3 is 2.76 bits per heavy atom. The molecule has 0 spiro atoms. The fraction of sp³-hybridized carbons (Fsp3) is 0.0667. The van der Waals surface area contributed by atoms with E-state index in [-0.39, 0.29) is 18.1 Å². The molecule has 0 fully saturated rings. The average molecular weight is 321 g/mol. The van der Waals surface area contributed by atoms with Crippen molar-refractivity contribution in [2.24, 2.45) is 0 Å². The van der Waals surface area contributed by atoms with E-state index in [1.165, 1.54) is 23.5 Å². The largest absolute Gasteiger partial charge is 0.302 e. The highest BCUT2D eigenvalue weighted by Crippen LogP contribution is 2.28. The molecule has 3 aromatic rings. The lowest BCUT2D eigenvalue weighted by Gasteiger charge is -2.01. The van der Waals surface area contributed by atoms with Gasteiger partial charge in [-0.3, -0.25) is 4.79 Å². The number of rotatable bonds is 3. The minimum atomic E-state index is -0.317. The van der Waals surface area contributed by atoms with Gasteiger partial charge in [-0.05, 0) is 35.9 Å². The molecule has 1 N–H and O–H groups in total. The van der Waals surface area contributed by atoms with Crippen LogP contribution in [-0.2, 0) is 11.2 Å². The molecule has 21 heavy (non-hydrogen) atoms. The van der Waals surface area contributed by atoms with Crippen LogP contribution in [0.5, 0.6) is 0 Å². The van der Waals surface area contributed by atoms with Crippen LogP contribution in [0, 0.1) is 5.82 Å². The molecule has 6 heteroatoms. The number of aromatic nitrogens is 1. The zero-order valence-corrected chi connectivity index (χ0v) is 12.3. The van der Waals surface area contributed by atoms with Gasteiger partial charge in [-0.2, -0.15) is 0 Å². The fourth-order valence-electron chi connectivity index (χ4n) is 1.90. The molecular weight excluding hydrogens is 311 g/mol. The van der Waals surface area contributed by atoms with Gasteiger partial charge in [0.15, 0.2) is 5.13 Å². The lowest BCUT2D eigenvalue weighted by atomic mass is 10.1. The number of carbonyl (C=O) groups is 1. The zero-order valence-electron chi connectivity index (χ0n) is 10.8. The Labute approximate surface area is 129 Å². The summed E-state index contributed by atoms with van der Waals surface area (Å²) in [6.07, 6.45) is 0.178. The van der Waals surface area contributed by atoms with Gasteiger partial charge in [0.05, 0.1) is 16.6 Å². The molecule has 1 amide bonds. The summed E-state index contributed by atoms with van der Waals surface area (Å²) in [5.41, 5.74) is 1.54. The number of amides is 1. The Morgan fingerprint density at radius 2 is 2.00 bits per heavy atom. The van der Waals surface area contributed by atoms with Crippen molar-refractivity contribution in [2.75, 3.05) is 5.32 Å². The zero-order chi connectivity index (χ0) is 14.8. The highest BCUT2D eigenvalue weighted by atomic mass is 35.5. The van der Waals surface area contributed by atoms with Crippen LogP contribution in [0.3, 0.4) is 0 Å². The van der Waals surface area contributed by atoms with Crippen molar-refractivity contribution in [2.45, 2.75) is 6.42 Å². The van der Waals surface area contributed by atoms with Crippen LogP contribution in [0.4, 0.5) is 9.52 Å². The predicted octanol–water partition coefficient (Wildman–Crippen LogP) is 4.27. The van der Waals surface area contributed by atoms with Crippen molar-refractivity contribution in [3.05, 3.63) is 58.9 Å². The smallest absolute Gasteiger partial charge is 0.230 e. The molecule has 0 unspecified atom stereocenters. The minimum Gasteiger partial charge on any atom is -0.302 e. The number of anilines is 1. The number of thiazole rings is 1. The first-order valence-corrected chi connectivity index (χ1v) is 7.40. The SMILES string of the molecule is O=C(Cc1ccc(F)cc1)Nc1nc2ccc(Cl)cc2s1. The summed E-state index contributed by atoms with van der Waals surface area (Å²) in [5, 5.41) is 3.91. The molecule has 1 heterocycles. The Kier molecular flexibility index (Phi) is 3.86. The van der Waals surface area contributed by atoms with Gasteiger partial charge in [-0.25, -0.2) is 9.37 Å². The Hall–Kier alpha value is -1.98. The highest BCUT2D eigenvalue weighted by molar-refractivity contribution is 7.22. The third-order valence-corrected chi connectivity index (χ3v) is 4.04. The molecule has 0 saturated carbocycles. The standard InChI is InChI=1S/C15H10ClFN2OS/c16-10-3-6-12-13(8-10)21-15(18-12)19-14(20)7-9-1-4-11(17)5-2-9/h1-6,8H,7H2,(H,18,19,20). The maximum atomic E-state index is 12.8. The predicted molar refractivity (Wildman–Crippen MR) is 83.4 cm³/mol. The first-order valence-electron chi connectivity index (χ1n) is 6.20. The highest BCUT2D eigenvalue weighted by Gasteiger charge is 2.09. The van der Waals surface area contributed by atoms with Crippen LogP contribution in [0.1, 0.15) is 5.56 Å². The normalized spacial score (nSPS) is 10.8. The summed E-state index contributed by atoms with van der Waals surface area (Å²) >= 11 is 7.28. The number of carbonyl (C=O) groups excluding carboxylic acids is 1. The number of benzene rings is 2. The van der Waals surface area contributed by atoms with Crippen LogP contribution < -0.4 is 5.32 Å². The van der Waals surface area contributed by atoms with Crippen LogP contribution in [-0.4, -0.2) is 10.9 Å². The van der Waals surface area contributed by atoms with Gasteiger partial charge in [0, 0.05) is 5.02 Å². The minimum absolute atomic E-state index is 0.178. The number of hydrogen-bond donors (Lipinski definition) is 1. The van der Waals surface area contributed by atoms with Crippen molar-refractivity contribution in [3.8, 4) is 0 Å². The summed E-state index contributed by atoms with van der Waals surface area (Å²) in [6, 6.07) is 11.2. The molecule has 0 bridgehead atoms. The number of nitrogens with one attached hydrogen (secondary N) is 1. The van der Waals surface area contributed by atoms with Gasteiger partial charge in [-0.1, -0.05) is 35.1 Å². The van der Waals surface area contributed by atoms with Crippen LogP contribution in [0.25, 0.3) is 10.2 Å². The third kappa shape index (κ3) is 3.37. The van der Waals surface area contributed by atoms with E-state index in [1.807, 2.05) is 12.1 Å². The summed E-state index contributed by atoms with van der Waals surface area (Å²) in [5.74, 6) is -0.506. The molecule has 0 saturated heterocycles. The van der Waals surface area contributed by atoms with Gasteiger partial charge in [-0.15, -0.1) is 0 Å². The maximum Gasteiger partial charge on any atom is 0.230 e. The second-order valence-electron chi connectivity index (χ2n) is 4.48. The first-order chi connectivity index (χ1) is 10.1. The lowest BCUT2D eigenvalue weighted by molar-refractivity contribution is -0.115. The Balaban J connectivity index is 1.72. The molecule has 2 aromatic carbocycles. The number of fused-ring (bicyclic) bond motifs is 1. The van der Waals surface area contributed by atoms with Crippen LogP contribution in [0.15, 0.2) is 42.5 Å². The van der Waals surface area contributed by atoms with Gasteiger partial charge in [0.1, 0.15) is 5.82 Å². The molecule has 106 valence electrons. The number of halogens is 2. The van der Waals surface area contributed by atoms with Gasteiger partial charge in [0.2, 0.25) is 5.91 Å². The van der Waals surface area contributed by atoms with Gasteiger partial charge >= 0.3 is 0 Å². The average Bonchev–Trinajstić information content (AvgIpc) is 2.82. The van der Waals surface area contributed by atoms with E-state index in [4.69, 9.17) is 11.6 Å². The van der Waals surface area contributed by atoms with E-state index < -0.39 is 0 Å². The Bertz CT molecular complexity index is 801. The van der Waals surface area contributed by atoms with Crippen LogP contribution >= 0.6 is 22.9 Å². The molecule has 0 aliphatic rings. The molecule has 3 nitrogen and oxygen atoms in total. The van der Waals surface area contributed by atoms with Crippen molar-refractivity contribution in [1.82, 2.24) is 4.98 Å². The summed E-state index contributed by atoms with van der Waals surface area (Å²) in [6.45, 7) is 0. The van der Waals surface area contributed by atoms with Gasteiger partial charge < -0.3 is 5.32 Å². The molecule has 0 aliphatic heterocycles. The van der Waals surface area contributed by atoms with E-state index in [2.05, 4.69) is 10.3 Å². The summed E-state index contributed by atoms with van der Waals surface area (Å²) in [7, 11) is 0. The van der Waals surface area contributed by atoms with Crippen molar-refractivity contribution in [1.29, 1.82) is 0 Å². The van der Waals surface area contributed by atoms with Gasteiger partial charge in [0.25, 0.3) is 0 Å². The molecule has 0 atom stereocenters. The monoisotopic (exact) mass is 320 g/mol. The molecule has 0 aliphatic carbocycles. The summed E-state index contributed by atoms with van der Waals surface area (Å²) in [4.78, 5) is 16.3. The summed E-state index contributed by atoms with van der Waals surface area (Å²) < 4.78 is 13.7. The third-order valence-electron chi connectivity index (χ3n) is 2.87. The van der Waals surface area contributed by atoms with Crippen molar-refractivity contribution >= 4 is 44.2 Å². The Morgan fingerprint density at radius 1 is 1.24 bits per heavy atom. The van der Waals surface area contributed by atoms with Crippen molar-refractivity contribution < 1.29 is 9.18 Å². The number of nitrogens with zero attached hydrogens (tertiary/aromatic N) is 1. The second kappa shape index (κ2) is 5.79. The molecule has 1 aromatic heterocycles. The first kappa shape index (κ1) is 14.0. The van der Waals surface area contributed by atoms with Crippen molar-refractivity contribution in [3.63, 3.8) is 0 Å². The van der Waals surface area contributed by atoms with E-state index in [0.29, 0.717) is 10.2 Å². The fourth-order valence-corrected chi connectivity index (χ4v) is 3.06. The number of hydrogen-bond acceptors (Lipinski definition) is 3. The van der Waals surface area contributed by atoms with E-state index in [1.54, 1.807) is 18.2 Å². The topological polar surface area (TPSA) is 42.0 Å². The van der Waals surface area contributed by atoms with E-state index >= 15 is 0 Å². The maximum absolute atomic E-state index is 12.8. The molecule has 0 radical (unpaired) electrons. The van der Waals surface area contributed by atoms with E-state index in [0.717, 1.165) is 15.8 Å². The quantitative estimate of drug-likeness (QED) is 0.783. The molecule has 3 rings (SSSR count). The van der Waals surface area contributed by atoms with E-state index in [9.17, 15) is 9.18 Å². The lowest BCUT2D eigenvalue weighted by Crippen LogP contribution is -2.14.